The summed E-state index contributed by atoms with van der Waals surface area (Å²) in [6.45, 7) is 0. The van der Waals surface area contributed by atoms with Gasteiger partial charge in [-0.1, -0.05) is 12.1 Å². The summed E-state index contributed by atoms with van der Waals surface area (Å²) in [7, 11) is 9.28. The standard InChI is InChI=1S/C27H28O8/c1-30-21-12-16(13-22(31-2)25(21)34-5)11-20(17-7-9-18(10-8-17)27(28)29)19-14-23(32-3)26(35-6)24(15-19)33-4/h7-15H,1-6H3,(H,28,29)/b20-11-. The summed E-state index contributed by atoms with van der Waals surface area (Å²) in [6.07, 6.45) is 1.93. The molecule has 0 bridgehead atoms. The van der Waals surface area contributed by atoms with Gasteiger partial charge in [0.1, 0.15) is 0 Å². The number of rotatable bonds is 10. The van der Waals surface area contributed by atoms with Crippen LogP contribution in [0.2, 0.25) is 0 Å². The molecule has 0 aliphatic heterocycles. The molecule has 184 valence electrons. The monoisotopic (exact) mass is 480 g/mol. The molecule has 0 saturated carbocycles. The molecule has 3 aromatic carbocycles. The van der Waals surface area contributed by atoms with Gasteiger partial charge in [-0.2, -0.15) is 0 Å². The minimum absolute atomic E-state index is 0.186. The fourth-order valence-corrected chi connectivity index (χ4v) is 3.71. The third kappa shape index (κ3) is 5.27. The number of aromatic carboxylic acids is 1. The van der Waals surface area contributed by atoms with Crippen LogP contribution in [0.1, 0.15) is 27.0 Å². The largest absolute Gasteiger partial charge is 0.493 e. The van der Waals surface area contributed by atoms with Crippen LogP contribution in [0.25, 0.3) is 11.6 Å². The van der Waals surface area contributed by atoms with Crippen molar-refractivity contribution in [3.05, 3.63) is 70.8 Å². The Kier molecular flexibility index (Phi) is 8.09. The van der Waals surface area contributed by atoms with E-state index in [1.54, 1.807) is 59.8 Å². The molecule has 0 saturated heterocycles. The zero-order chi connectivity index (χ0) is 25.5. The van der Waals surface area contributed by atoms with E-state index in [0.29, 0.717) is 34.5 Å². The molecule has 35 heavy (non-hydrogen) atoms. The Morgan fingerprint density at radius 2 is 1.00 bits per heavy atom. The van der Waals surface area contributed by atoms with Gasteiger partial charge in [-0.25, -0.2) is 4.79 Å². The Hall–Kier alpha value is -4.33. The van der Waals surface area contributed by atoms with Crippen molar-refractivity contribution in [2.75, 3.05) is 42.7 Å². The Bertz CT molecular complexity index is 1180. The van der Waals surface area contributed by atoms with Crippen molar-refractivity contribution in [2.24, 2.45) is 0 Å². The molecule has 0 radical (unpaired) electrons. The topological polar surface area (TPSA) is 92.7 Å². The van der Waals surface area contributed by atoms with Crippen molar-refractivity contribution in [3.63, 3.8) is 0 Å². The van der Waals surface area contributed by atoms with Crippen LogP contribution in [0.3, 0.4) is 0 Å². The van der Waals surface area contributed by atoms with Crippen LogP contribution in [0.15, 0.2) is 48.5 Å². The number of ether oxygens (including phenoxy) is 6. The number of carbonyl (C=O) groups is 1. The summed E-state index contributed by atoms with van der Waals surface area (Å²) in [4.78, 5) is 11.4. The van der Waals surface area contributed by atoms with Crippen LogP contribution in [-0.2, 0) is 0 Å². The molecule has 0 aliphatic carbocycles. The highest BCUT2D eigenvalue weighted by Crippen LogP contribution is 2.43. The van der Waals surface area contributed by atoms with Crippen LogP contribution in [0.4, 0.5) is 0 Å². The van der Waals surface area contributed by atoms with E-state index in [9.17, 15) is 9.90 Å². The van der Waals surface area contributed by atoms with Gasteiger partial charge in [-0.3, -0.25) is 0 Å². The van der Waals surface area contributed by atoms with E-state index in [1.165, 1.54) is 7.11 Å². The van der Waals surface area contributed by atoms with E-state index in [0.717, 1.165) is 22.3 Å². The zero-order valence-electron chi connectivity index (χ0n) is 20.5. The minimum atomic E-state index is -1.00. The van der Waals surface area contributed by atoms with Gasteiger partial charge < -0.3 is 33.5 Å². The van der Waals surface area contributed by atoms with E-state index in [-0.39, 0.29) is 5.56 Å². The van der Waals surface area contributed by atoms with Crippen molar-refractivity contribution in [2.45, 2.75) is 0 Å². The van der Waals surface area contributed by atoms with Crippen LogP contribution in [0, 0.1) is 0 Å². The Balaban J connectivity index is 2.30. The highest BCUT2D eigenvalue weighted by atomic mass is 16.5. The van der Waals surface area contributed by atoms with Crippen LogP contribution in [0.5, 0.6) is 34.5 Å². The molecule has 0 aromatic heterocycles. The summed E-state index contributed by atoms with van der Waals surface area (Å²) in [6, 6.07) is 13.9. The maximum absolute atomic E-state index is 11.4. The molecule has 3 rings (SSSR count). The molecule has 0 aliphatic rings. The summed E-state index contributed by atoms with van der Waals surface area (Å²) in [5.41, 5.74) is 3.26. The Morgan fingerprint density at radius 1 is 0.600 bits per heavy atom. The van der Waals surface area contributed by atoms with Crippen LogP contribution >= 0.6 is 0 Å². The molecule has 0 amide bonds. The highest BCUT2D eigenvalue weighted by molar-refractivity contribution is 5.94. The second kappa shape index (κ2) is 11.2. The van der Waals surface area contributed by atoms with Crippen molar-refractivity contribution in [1.29, 1.82) is 0 Å². The zero-order valence-corrected chi connectivity index (χ0v) is 20.5. The third-order valence-electron chi connectivity index (χ3n) is 5.42. The van der Waals surface area contributed by atoms with Gasteiger partial charge in [0, 0.05) is 0 Å². The summed E-state index contributed by atoms with van der Waals surface area (Å²) < 4.78 is 33.0. The first-order valence-corrected chi connectivity index (χ1v) is 10.6. The number of carboxylic acid groups (broad SMARTS) is 1. The van der Waals surface area contributed by atoms with Crippen molar-refractivity contribution in [3.8, 4) is 34.5 Å². The fraction of sp³-hybridized carbons (Fsp3) is 0.222. The molecule has 0 fully saturated rings. The molecule has 0 atom stereocenters. The number of benzene rings is 3. The van der Waals surface area contributed by atoms with Gasteiger partial charge in [-0.05, 0) is 64.7 Å². The quantitative estimate of drug-likeness (QED) is 0.404. The Morgan fingerprint density at radius 3 is 1.37 bits per heavy atom. The molecule has 3 aromatic rings. The van der Waals surface area contributed by atoms with E-state index >= 15 is 0 Å². The second-order valence-electron chi connectivity index (χ2n) is 7.31. The smallest absolute Gasteiger partial charge is 0.335 e. The first kappa shape index (κ1) is 25.3. The molecule has 8 heteroatoms. The van der Waals surface area contributed by atoms with Crippen LogP contribution < -0.4 is 28.4 Å². The van der Waals surface area contributed by atoms with E-state index < -0.39 is 5.97 Å². The molecule has 0 unspecified atom stereocenters. The average Bonchev–Trinajstić information content (AvgIpc) is 2.90. The average molecular weight is 481 g/mol. The van der Waals surface area contributed by atoms with E-state index in [1.807, 2.05) is 30.3 Å². The first-order valence-electron chi connectivity index (χ1n) is 10.6. The van der Waals surface area contributed by atoms with Gasteiger partial charge in [0.25, 0.3) is 0 Å². The molecular formula is C27H28O8. The maximum Gasteiger partial charge on any atom is 0.335 e. The number of methoxy groups -OCH3 is 6. The fourth-order valence-electron chi connectivity index (χ4n) is 3.71. The van der Waals surface area contributed by atoms with Gasteiger partial charge in [-0.15, -0.1) is 0 Å². The molecule has 8 nitrogen and oxygen atoms in total. The Labute approximate surface area is 204 Å². The summed E-state index contributed by atoms with van der Waals surface area (Å²) in [5, 5.41) is 9.32. The normalized spacial score (nSPS) is 11.0. The number of hydrogen-bond acceptors (Lipinski definition) is 7. The third-order valence-corrected chi connectivity index (χ3v) is 5.42. The lowest BCUT2D eigenvalue weighted by atomic mass is 9.94. The lowest BCUT2D eigenvalue weighted by molar-refractivity contribution is 0.0697. The predicted octanol–water partition coefficient (Wildman–Crippen LogP) is 5.03. The molecular weight excluding hydrogens is 452 g/mol. The summed E-state index contributed by atoms with van der Waals surface area (Å²) in [5.74, 6) is 1.92. The van der Waals surface area contributed by atoms with E-state index in [4.69, 9.17) is 28.4 Å². The van der Waals surface area contributed by atoms with E-state index in [2.05, 4.69) is 0 Å². The number of hydrogen-bond donors (Lipinski definition) is 1. The second-order valence-corrected chi connectivity index (χ2v) is 7.31. The van der Waals surface area contributed by atoms with Crippen molar-refractivity contribution >= 4 is 17.6 Å². The lowest BCUT2D eigenvalue weighted by Gasteiger charge is -2.17. The van der Waals surface area contributed by atoms with Gasteiger partial charge in [0.15, 0.2) is 23.0 Å². The maximum atomic E-state index is 11.4. The lowest BCUT2D eigenvalue weighted by Crippen LogP contribution is -1.99. The van der Waals surface area contributed by atoms with Crippen molar-refractivity contribution < 1.29 is 38.3 Å². The van der Waals surface area contributed by atoms with Gasteiger partial charge in [0.2, 0.25) is 11.5 Å². The molecule has 0 heterocycles. The minimum Gasteiger partial charge on any atom is -0.493 e. The molecule has 1 N–H and O–H groups in total. The first-order chi connectivity index (χ1) is 16.9. The van der Waals surface area contributed by atoms with Gasteiger partial charge in [0.05, 0.1) is 48.2 Å². The molecule has 0 spiro atoms. The van der Waals surface area contributed by atoms with Crippen LogP contribution in [-0.4, -0.2) is 53.7 Å². The van der Waals surface area contributed by atoms with Gasteiger partial charge >= 0.3 is 5.97 Å². The SMILES string of the molecule is COc1cc(/C=C(/c2ccc(C(=O)O)cc2)c2cc(OC)c(OC)c(OC)c2)cc(OC)c1OC. The highest BCUT2D eigenvalue weighted by Gasteiger charge is 2.18. The predicted molar refractivity (Wildman–Crippen MR) is 133 cm³/mol. The van der Waals surface area contributed by atoms with Crippen molar-refractivity contribution in [1.82, 2.24) is 0 Å². The summed E-state index contributed by atoms with van der Waals surface area (Å²) >= 11 is 0. The number of carboxylic acids is 1.